The molecule has 4 rings (SSSR count). The van der Waals surface area contributed by atoms with E-state index in [1.54, 1.807) is 0 Å². The highest BCUT2D eigenvalue weighted by Crippen LogP contribution is 2.14. The lowest BCUT2D eigenvalue weighted by Gasteiger charge is -2.34. The van der Waals surface area contributed by atoms with Gasteiger partial charge in [0.2, 0.25) is 0 Å². The quantitative estimate of drug-likeness (QED) is 0.704. The highest BCUT2D eigenvalue weighted by Gasteiger charge is 2.18. The van der Waals surface area contributed by atoms with Crippen molar-refractivity contribution in [3.63, 3.8) is 0 Å². The summed E-state index contributed by atoms with van der Waals surface area (Å²) in [6.07, 6.45) is 0. The van der Waals surface area contributed by atoms with Crippen molar-refractivity contribution in [1.29, 1.82) is 0 Å². The first kappa shape index (κ1) is 17.7. The fourth-order valence-corrected chi connectivity index (χ4v) is 3.56. The molecule has 3 aromatic rings. The number of hydrogen-bond donors (Lipinski definition) is 2. The van der Waals surface area contributed by atoms with Gasteiger partial charge >= 0.3 is 0 Å². The molecule has 140 valence electrons. The van der Waals surface area contributed by atoms with Crippen LogP contribution in [0.4, 0.5) is 0 Å². The van der Waals surface area contributed by atoms with Crippen LogP contribution in [0.25, 0.3) is 10.9 Å². The molecule has 6 heteroatoms. The van der Waals surface area contributed by atoms with Crippen LogP contribution >= 0.6 is 0 Å². The van der Waals surface area contributed by atoms with Crippen LogP contribution in [0, 0.1) is 0 Å². The lowest BCUT2D eigenvalue weighted by molar-refractivity contribution is 0.0931. The number of nitrogens with one attached hydrogen (secondary N) is 2. The zero-order chi connectivity index (χ0) is 18.5. The molecule has 1 aliphatic heterocycles. The summed E-state index contributed by atoms with van der Waals surface area (Å²) in [4.78, 5) is 17.3. The molecule has 0 unspecified atom stereocenters. The van der Waals surface area contributed by atoms with E-state index < -0.39 is 0 Å². The highest BCUT2D eigenvalue weighted by atomic mass is 16.1. The lowest BCUT2D eigenvalue weighted by Crippen LogP contribution is -2.48. The standard InChI is InChI=1S/C21H25N5O/c27-21(20-18-8-4-5-9-19(18)23-24-20)22-10-11-25-12-14-26(15-13-25)16-17-6-2-1-3-7-17/h1-9H,10-16H2,(H,22,27)(H,23,24). The van der Waals surface area contributed by atoms with Gasteiger partial charge in [-0.25, -0.2) is 0 Å². The van der Waals surface area contributed by atoms with Gasteiger partial charge in [-0.3, -0.25) is 19.7 Å². The summed E-state index contributed by atoms with van der Waals surface area (Å²) in [6.45, 7) is 6.71. The van der Waals surface area contributed by atoms with E-state index in [2.05, 4.69) is 55.6 Å². The Bertz CT molecular complexity index is 884. The fourth-order valence-electron chi connectivity index (χ4n) is 3.56. The molecule has 1 amide bonds. The first-order valence-corrected chi connectivity index (χ1v) is 9.49. The Balaban J connectivity index is 1.21. The van der Waals surface area contributed by atoms with Gasteiger partial charge in [-0.15, -0.1) is 0 Å². The number of piperazine rings is 1. The zero-order valence-electron chi connectivity index (χ0n) is 15.4. The van der Waals surface area contributed by atoms with E-state index in [0.29, 0.717) is 12.2 Å². The molecular formula is C21H25N5O. The molecule has 1 aromatic heterocycles. The molecule has 0 atom stereocenters. The molecule has 1 fully saturated rings. The van der Waals surface area contributed by atoms with E-state index in [0.717, 1.165) is 50.2 Å². The van der Waals surface area contributed by atoms with Gasteiger partial charge in [0.25, 0.3) is 5.91 Å². The molecule has 6 nitrogen and oxygen atoms in total. The van der Waals surface area contributed by atoms with Gasteiger partial charge in [-0.2, -0.15) is 5.10 Å². The SMILES string of the molecule is O=C(NCCN1CCN(Cc2ccccc2)CC1)c1n[nH]c2ccccc12. The van der Waals surface area contributed by atoms with E-state index >= 15 is 0 Å². The van der Waals surface area contributed by atoms with Gasteiger partial charge in [0, 0.05) is 51.2 Å². The number of aromatic amines is 1. The number of carbonyl (C=O) groups is 1. The van der Waals surface area contributed by atoms with Gasteiger partial charge in [0.05, 0.1) is 5.52 Å². The van der Waals surface area contributed by atoms with Crippen molar-refractivity contribution in [1.82, 2.24) is 25.3 Å². The molecule has 0 spiro atoms. The fraction of sp³-hybridized carbons (Fsp3) is 0.333. The molecular weight excluding hydrogens is 338 g/mol. The third-order valence-electron chi connectivity index (χ3n) is 5.11. The third-order valence-corrected chi connectivity index (χ3v) is 5.11. The highest BCUT2D eigenvalue weighted by molar-refractivity contribution is 6.04. The van der Waals surface area contributed by atoms with Gasteiger partial charge < -0.3 is 5.32 Å². The normalized spacial score (nSPS) is 15.9. The summed E-state index contributed by atoms with van der Waals surface area (Å²) < 4.78 is 0. The van der Waals surface area contributed by atoms with Crippen molar-refractivity contribution in [2.24, 2.45) is 0 Å². The summed E-state index contributed by atoms with van der Waals surface area (Å²) in [7, 11) is 0. The number of amides is 1. The maximum absolute atomic E-state index is 12.4. The molecule has 27 heavy (non-hydrogen) atoms. The summed E-state index contributed by atoms with van der Waals surface area (Å²) in [5.41, 5.74) is 2.72. The molecule has 0 bridgehead atoms. The van der Waals surface area contributed by atoms with Gasteiger partial charge in [-0.1, -0.05) is 48.5 Å². The second kappa shape index (κ2) is 8.33. The predicted molar refractivity (Wildman–Crippen MR) is 107 cm³/mol. The number of carbonyl (C=O) groups excluding carboxylic acids is 1. The smallest absolute Gasteiger partial charge is 0.272 e. The summed E-state index contributed by atoms with van der Waals surface area (Å²) >= 11 is 0. The van der Waals surface area contributed by atoms with Crippen molar-refractivity contribution in [3.05, 3.63) is 65.9 Å². The Morgan fingerprint density at radius 2 is 1.67 bits per heavy atom. The Morgan fingerprint density at radius 3 is 2.48 bits per heavy atom. The second-order valence-electron chi connectivity index (χ2n) is 6.98. The number of H-pyrrole nitrogens is 1. The van der Waals surface area contributed by atoms with Crippen molar-refractivity contribution >= 4 is 16.8 Å². The van der Waals surface area contributed by atoms with E-state index in [1.807, 2.05) is 24.3 Å². The van der Waals surface area contributed by atoms with Crippen molar-refractivity contribution in [2.45, 2.75) is 6.54 Å². The number of rotatable bonds is 6. The van der Waals surface area contributed by atoms with Gasteiger partial charge in [0.1, 0.15) is 0 Å². The van der Waals surface area contributed by atoms with E-state index in [4.69, 9.17) is 0 Å². The van der Waals surface area contributed by atoms with Gasteiger partial charge in [-0.05, 0) is 11.6 Å². The predicted octanol–water partition coefficient (Wildman–Crippen LogP) is 2.11. The van der Waals surface area contributed by atoms with Crippen LogP contribution in [0.5, 0.6) is 0 Å². The van der Waals surface area contributed by atoms with Crippen LogP contribution in [0.3, 0.4) is 0 Å². The maximum atomic E-state index is 12.4. The number of aromatic nitrogens is 2. The Morgan fingerprint density at radius 1 is 0.963 bits per heavy atom. The van der Waals surface area contributed by atoms with Crippen LogP contribution in [0.1, 0.15) is 16.1 Å². The minimum Gasteiger partial charge on any atom is -0.349 e. The maximum Gasteiger partial charge on any atom is 0.272 e. The summed E-state index contributed by atoms with van der Waals surface area (Å²) in [5.74, 6) is -0.116. The minimum absolute atomic E-state index is 0.116. The first-order chi connectivity index (χ1) is 13.3. The molecule has 1 saturated heterocycles. The van der Waals surface area contributed by atoms with Crippen molar-refractivity contribution < 1.29 is 4.79 Å². The van der Waals surface area contributed by atoms with E-state index in [9.17, 15) is 4.79 Å². The number of benzene rings is 2. The molecule has 0 radical (unpaired) electrons. The molecule has 2 heterocycles. The van der Waals surface area contributed by atoms with Crippen LogP contribution in [0.2, 0.25) is 0 Å². The summed E-state index contributed by atoms with van der Waals surface area (Å²) in [6, 6.07) is 18.3. The van der Waals surface area contributed by atoms with Crippen LogP contribution in [0.15, 0.2) is 54.6 Å². The topological polar surface area (TPSA) is 64.3 Å². The average molecular weight is 363 g/mol. The van der Waals surface area contributed by atoms with Crippen LogP contribution in [-0.2, 0) is 6.54 Å². The van der Waals surface area contributed by atoms with Crippen LogP contribution in [-0.4, -0.2) is 65.2 Å². The number of fused-ring (bicyclic) bond motifs is 1. The molecule has 2 N–H and O–H groups in total. The lowest BCUT2D eigenvalue weighted by atomic mass is 10.2. The monoisotopic (exact) mass is 363 g/mol. The first-order valence-electron chi connectivity index (χ1n) is 9.49. The summed E-state index contributed by atoms with van der Waals surface area (Å²) in [5, 5.41) is 10.9. The zero-order valence-corrected chi connectivity index (χ0v) is 15.4. The Labute approximate surface area is 159 Å². The molecule has 0 saturated carbocycles. The van der Waals surface area contributed by atoms with Crippen molar-refractivity contribution in [3.8, 4) is 0 Å². The molecule has 0 aliphatic carbocycles. The number of para-hydroxylation sites is 1. The number of nitrogens with zero attached hydrogens (tertiary/aromatic N) is 3. The average Bonchev–Trinajstić information content (AvgIpc) is 3.14. The molecule has 1 aliphatic rings. The second-order valence-corrected chi connectivity index (χ2v) is 6.98. The van der Waals surface area contributed by atoms with Gasteiger partial charge in [0.15, 0.2) is 5.69 Å². The Kier molecular flexibility index (Phi) is 5.46. The Hall–Kier alpha value is -2.70. The van der Waals surface area contributed by atoms with Crippen LogP contribution < -0.4 is 5.32 Å². The van der Waals surface area contributed by atoms with E-state index in [-0.39, 0.29) is 5.91 Å². The van der Waals surface area contributed by atoms with Crippen molar-refractivity contribution in [2.75, 3.05) is 39.3 Å². The largest absolute Gasteiger partial charge is 0.349 e. The minimum atomic E-state index is -0.116. The molecule has 2 aromatic carbocycles. The number of hydrogen-bond acceptors (Lipinski definition) is 4. The van der Waals surface area contributed by atoms with E-state index in [1.165, 1.54) is 5.56 Å². The third kappa shape index (κ3) is 4.35.